The van der Waals surface area contributed by atoms with Crippen molar-refractivity contribution >= 4 is 11.9 Å². The topological polar surface area (TPSA) is 75.4 Å². The Morgan fingerprint density at radius 2 is 1.80 bits per heavy atom. The summed E-state index contributed by atoms with van der Waals surface area (Å²) in [6.45, 7) is 1.54. The van der Waals surface area contributed by atoms with Crippen LogP contribution >= 0.6 is 0 Å². The SMILES string of the molecule is NC(=O)NC(Cc1ccccc1)C(=O)N1CCCCC1. The lowest BCUT2D eigenvalue weighted by molar-refractivity contribution is -0.134. The van der Waals surface area contributed by atoms with Gasteiger partial charge in [0.15, 0.2) is 0 Å². The van der Waals surface area contributed by atoms with Gasteiger partial charge < -0.3 is 16.0 Å². The highest BCUT2D eigenvalue weighted by atomic mass is 16.2. The molecule has 5 heteroatoms. The number of likely N-dealkylation sites (tertiary alicyclic amines) is 1. The molecular formula is C15H21N3O2. The van der Waals surface area contributed by atoms with Crippen LogP contribution in [-0.4, -0.2) is 36.0 Å². The molecule has 3 N–H and O–H groups in total. The Hall–Kier alpha value is -2.04. The summed E-state index contributed by atoms with van der Waals surface area (Å²) in [5.41, 5.74) is 6.20. The average molecular weight is 275 g/mol. The normalized spacial score (nSPS) is 16.5. The Labute approximate surface area is 119 Å². The fourth-order valence-corrected chi connectivity index (χ4v) is 2.56. The van der Waals surface area contributed by atoms with Crippen LogP contribution in [-0.2, 0) is 11.2 Å². The molecule has 0 aromatic heterocycles. The number of primary amides is 1. The Balaban J connectivity index is 2.05. The first-order valence-corrected chi connectivity index (χ1v) is 7.05. The Morgan fingerprint density at radius 3 is 2.40 bits per heavy atom. The number of piperidine rings is 1. The van der Waals surface area contributed by atoms with E-state index >= 15 is 0 Å². The molecular weight excluding hydrogens is 254 g/mol. The molecule has 1 saturated heterocycles. The predicted octanol–water partition coefficient (Wildman–Crippen LogP) is 1.28. The second-order valence-electron chi connectivity index (χ2n) is 5.14. The van der Waals surface area contributed by atoms with Gasteiger partial charge in [0, 0.05) is 19.5 Å². The van der Waals surface area contributed by atoms with Crippen molar-refractivity contribution < 1.29 is 9.59 Å². The van der Waals surface area contributed by atoms with Gasteiger partial charge in [-0.3, -0.25) is 4.79 Å². The molecule has 2 rings (SSSR count). The molecule has 0 bridgehead atoms. The van der Waals surface area contributed by atoms with Gasteiger partial charge in [-0.1, -0.05) is 30.3 Å². The zero-order chi connectivity index (χ0) is 14.4. The molecule has 1 unspecified atom stereocenters. The van der Waals surface area contributed by atoms with E-state index < -0.39 is 12.1 Å². The first-order valence-electron chi connectivity index (χ1n) is 7.05. The van der Waals surface area contributed by atoms with Gasteiger partial charge in [-0.25, -0.2) is 4.79 Å². The van der Waals surface area contributed by atoms with Crippen molar-refractivity contribution in [3.05, 3.63) is 35.9 Å². The van der Waals surface area contributed by atoms with Gasteiger partial charge in [0.05, 0.1) is 0 Å². The number of hydrogen-bond donors (Lipinski definition) is 2. The molecule has 1 atom stereocenters. The maximum Gasteiger partial charge on any atom is 0.312 e. The highest BCUT2D eigenvalue weighted by Crippen LogP contribution is 2.12. The third-order valence-corrected chi connectivity index (χ3v) is 3.56. The van der Waals surface area contributed by atoms with Gasteiger partial charge in [-0.05, 0) is 24.8 Å². The number of carbonyl (C=O) groups excluding carboxylic acids is 2. The molecule has 1 fully saturated rings. The molecule has 0 radical (unpaired) electrons. The maximum absolute atomic E-state index is 12.5. The second kappa shape index (κ2) is 6.93. The minimum Gasteiger partial charge on any atom is -0.352 e. The van der Waals surface area contributed by atoms with Crippen LogP contribution in [0, 0.1) is 0 Å². The standard InChI is InChI=1S/C15H21N3O2/c16-15(20)17-13(11-12-7-3-1-4-8-12)14(19)18-9-5-2-6-10-18/h1,3-4,7-8,13H,2,5-6,9-11H2,(H3,16,17,20). The van der Waals surface area contributed by atoms with Crippen molar-refractivity contribution in [2.75, 3.05) is 13.1 Å². The van der Waals surface area contributed by atoms with Crippen LogP contribution in [0.25, 0.3) is 0 Å². The highest BCUT2D eigenvalue weighted by Gasteiger charge is 2.26. The molecule has 0 spiro atoms. The van der Waals surface area contributed by atoms with Crippen LogP contribution in [0.15, 0.2) is 30.3 Å². The Bertz CT molecular complexity index is 455. The van der Waals surface area contributed by atoms with Gasteiger partial charge >= 0.3 is 6.03 Å². The van der Waals surface area contributed by atoms with E-state index in [2.05, 4.69) is 5.32 Å². The van der Waals surface area contributed by atoms with E-state index in [0.29, 0.717) is 6.42 Å². The van der Waals surface area contributed by atoms with E-state index in [1.807, 2.05) is 35.2 Å². The molecule has 0 aliphatic carbocycles. The summed E-state index contributed by atoms with van der Waals surface area (Å²) in [5.74, 6) is -0.0349. The summed E-state index contributed by atoms with van der Waals surface area (Å²) in [6, 6.07) is 8.42. The van der Waals surface area contributed by atoms with Crippen molar-refractivity contribution in [2.24, 2.45) is 5.73 Å². The van der Waals surface area contributed by atoms with Gasteiger partial charge in [0.2, 0.25) is 5.91 Å². The van der Waals surface area contributed by atoms with E-state index in [9.17, 15) is 9.59 Å². The van der Waals surface area contributed by atoms with Crippen molar-refractivity contribution in [3.8, 4) is 0 Å². The van der Waals surface area contributed by atoms with E-state index in [1.54, 1.807) is 0 Å². The lowest BCUT2D eigenvalue weighted by Crippen LogP contribution is -2.52. The first-order chi connectivity index (χ1) is 9.66. The Kier molecular flexibility index (Phi) is 4.98. The lowest BCUT2D eigenvalue weighted by atomic mass is 10.0. The van der Waals surface area contributed by atoms with Crippen LogP contribution in [0.5, 0.6) is 0 Å². The largest absolute Gasteiger partial charge is 0.352 e. The summed E-state index contributed by atoms with van der Waals surface area (Å²) in [6.07, 6.45) is 3.69. The number of nitrogens with zero attached hydrogens (tertiary/aromatic N) is 1. The molecule has 1 aliphatic heterocycles. The summed E-state index contributed by atoms with van der Waals surface area (Å²) < 4.78 is 0. The fourth-order valence-electron chi connectivity index (χ4n) is 2.56. The summed E-state index contributed by atoms with van der Waals surface area (Å²) in [7, 11) is 0. The minimum absolute atomic E-state index is 0.0349. The third kappa shape index (κ3) is 3.98. The van der Waals surface area contributed by atoms with Crippen molar-refractivity contribution in [2.45, 2.75) is 31.7 Å². The number of carbonyl (C=O) groups is 2. The predicted molar refractivity (Wildman–Crippen MR) is 77.1 cm³/mol. The zero-order valence-electron chi connectivity index (χ0n) is 11.5. The van der Waals surface area contributed by atoms with Crippen molar-refractivity contribution in [3.63, 3.8) is 0 Å². The smallest absolute Gasteiger partial charge is 0.312 e. The maximum atomic E-state index is 12.5. The molecule has 0 saturated carbocycles. The third-order valence-electron chi connectivity index (χ3n) is 3.56. The quantitative estimate of drug-likeness (QED) is 0.868. The van der Waals surface area contributed by atoms with Gasteiger partial charge in [-0.2, -0.15) is 0 Å². The molecule has 1 aliphatic rings. The lowest BCUT2D eigenvalue weighted by Gasteiger charge is -2.30. The fraction of sp³-hybridized carbons (Fsp3) is 0.467. The van der Waals surface area contributed by atoms with Gasteiger partial charge in [0.1, 0.15) is 6.04 Å². The van der Waals surface area contributed by atoms with Crippen LogP contribution < -0.4 is 11.1 Å². The van der Waals surface area contributed by atoms with E-state index in [1.165, 1.54) is 0 Å². The van der Waals surface area contributed by atoms with Crippen LogP contribution in [0.3, 0.4) is 0 Å². The van der Waals surface area contributed by atoms with Crippen LogP contribution in [0.4, 0.5) is 4.79 Å². The number of urea groups is 1. The van der Waals surface area contributed by atoms with Crippen LogP contribution in [0.2, 0.25) is 0 Å². The monoisotopic (exact) mass is 275 g/mol. The van der Waals surface area contributed by atoms with Gasteiger partial charge in [-0.15, -0.1) is 0 Å². The zero-order valence-corrected chi connectivity index (χ0v) is 11.5. The Morgan fingerprint density at radius 1 is 1.15 bits per heavy atom. The second-order valence-corrected chi connectivity index (χ2v) is 5.14. The summed E-state index contributed by atoms with van der Waals surface area (Å²) in [5, 5.41) is 2.57. The molecule has 108 valence electrons. The summed E-state index contributed by atoms with van der Waals surface area (Å²) >= 11 is 0. The number of amides is 3. The molecule has 3 amide bonds. The number of rotatable bonds is 4. The number of nitrogens with one attached hydrogen (secondary N) is 1. The summed E-state index contributed by atoms with van der Waals surface area (Å²) in [4.78, 5) is 25.4. The highest BCUT2D eigenvalue weighted by molar-refractivity contribution is 5.87. The van der Waals surface area contributed by atoms with Crippen molar-refractivity contribution in [1.29, 1.82) is 0 Å². The van der Waals surface area contributed by atoms with Crippen molar-refractivity contribution in [1.82, 2.24) is 10.2 Å². The molecule has 1 aromatic rings. The molecule has 1 heterocycles. The number of benzene rings is 1. The molecule has 1 aromatic carbocycles. The van der Waals surface area contributed by atoms with E-state index in [0.717, 1.165) is 37.9 Å². The molecule has 20 heavy (non-hydrogen) atoms. The number of hydrogen-bond acceptors (Lipinski definition) is 2. The van der Waals surface area contributed by atoms with E-state index in [-0.39, 0.29) is 5.91 Å². The first kappa shape index (κ1) is 14.4. The minimum atomic E-state index is -0.656. The molecule has 5 nitrogen and oxygen atoms in total. The van der Waals surface area contributed by atoms with Crippen LogP contribution in [0.1, 0.15) is 24.8 Å². The number of nitrogens with two attached hydrogens (primary N) is 1. The average Bonchev–Trinajstić information content (AvgIpc) is 2.47. The van der Waals surface area contributed by atoms with E-state index in [4.69, 9.17) is 5.73 Å². The van der Waals surface area contributed by atoms with Gasteiger partial charge in [0.25, 0.3) is 0 Å².